The van der Waals surface area contributed by atoms with E-state index in [9.17, 15) is 0 Å². The van der Waals surface area contributed by atoms with Crippen LogP contribution >= 0.6 is 15.9 Å². The molecule has 1 atom stereocenters. The second-order valence-corrected chi connectivity index (χ2v) is 5.72. The normalized spacial score (nSPS) is 12.6. The molecule has 2 aromatic rings. The van der Waals surface area contributed by atoms with Crippen molar-refractivity contribution in [2.24, 2.45) is 7.05 Å². The Balaban J connectivity index is 2.03. The Labute approximate surface area is 123 Å². The minimum atomic E-state index is 0.382. The van der Waals surface area contributed by atoms with Gasteiger partial charge < -0.3 is 5.32 Å². The molecular formula is C15H20BrN3. The first kappa shape index (κ1) is 14.3. The van der Waals surface area contributed by atoms with Gasteiger partial charge in [-0.25, -0.2) is 0 Å². The molecule has 1 aromatic heterocycles. The third kappa shape index (κ3) is 3.67. The number of benzene rings is 1. The van der Waals surface area contributed by atoms with Crippen molar-refractivity contribution >= 4 is 15.9 Å². The molecule has 3 nitrogen and oxygen atoms in total. The van der Waals surface area contributed by atoms with Gasteiger partial charge in [0.25, 0.3) is 0 Å². The van der Waals surface area contributed by atoms with Gasteiger partial charge in [0.2, 0.25) is 0 Å². The van der Waals surface area contributed by atoms with E-state index in [2.05, 4.69) is 70.7 Å². The molecule has 1 aromatic carbocycles. The summed E-state index contributed by atoms with van der Waals surface area (Å²) in [5.41, 5.74) is 3.69. The van der Waals surface area contributed by atoms with Gasteiger partial charge in [0.15, 0.2) is 0 Å². The number of hydrogen-bond acceptors (Lipinski definition) is 2. The van der Waals surface area contributed by atoms with E-state index in [1.54, 1.807) is 0 Å². The van der Waals surface area contributed by atoms with Crippen LogP contribution in [0.4, 0.5) is 0 Å². The zero-order valence-corrected chi connectivity index (χ0v) is 13.2. The Morgan fingerprint density at radius 1 is 1.32 bits per heavy atom. The molecule has 0 radical (unpaired) electrons. The molecule has 0 saturated carbocycles. The predicted octanol–water partition coefficient (Wildman–Crippen LogP) is 3.73. The largest absolute Gasteiger partial charge is 0.306 e. The zero-order chi connectivity index (χ0) is 13.8. The van der Waals surface area contributed by atoms with Crippen LogP contribution in [-0.4, -0.2) is 9.78 Å². The fraction of sp³-hybridized carbons (Fsp3) is 0.400. The van der Waals surface area contributed by atoms with E-state index < -0.39 is 0 Å². The Morgan fingerprint density at radius 2 is 2.00 bits per heavy atom. The van der Waals surface area contributed by atoms with Crippen molar-refractivity contribution in [3.63, 3.8) is 0 Å². The molecule has 2 rings (SSSR count). The highest BCUT2D eigenvalue weighted by molar-refractivity contribution is 9.10. The van der Waals surface area contributed by atoms with E-state index >= 15 is 0 Å². The van der Waals surface area contributed by atoms with Gasteiger partial charge in [-0.15, -0.1) is 0 Å². The number of aromatic nitrogens is 2. The summed E-state index contributed by atoms with van der Waals surface area (Å²) in [4.78, 5) is 0. The standard InChI is InChI=1S/C15H20BrN3/c1-4-15(12-5-7-14(16)8-6-12)17-9-13-10-19(3)18-11(13)2/h5-8,10,15,17H,4,9H2,1-3H3. The molecule has 0 aliphatic heterocycles. The van der Waals surface area contributed by atoms with Crippen molar-refractivity contribution < 1.29 is 0 Å². The van der Waals surface area contributed by atoms with Crippen LogP contribution in [-0.2, 0) is 13.6 Å². The molecule has 0 spiro atoms. The van der Waals surface area contributed by atoms with Crippen LogP contribution in [0.25, 0.3) is 0 Å². The number of rotatable bonds is 5. The fourth-order valence-electron chi connectivity index (χ4n) is 2.25. The lowest BCUT2D eigenvalue weighted by Gasteiger charge is -2.17. The summed E-state index contributed by atoms with van der Waals surface area (Å²) in [7, 11) is 1.96. The van der Waals surface area contributed by atoms with E-state index in [-0.39, 0.29) is 0 Å². The molecule has 0 saturated heterocycles. The van der Waals surface area contributed by atoms with Crippen molar-refractivity contribution in [2.75, 3.05) is 0 Å². The highest BCUT2D eigenvalue weighted by atomic mass is 79.9. The minimum Gasteiger partial charge on any atom is -0.306 e. The molecule has 19 heavy (non-hydrogen) atoms. The molecular weight excluding hydrogens is 302 g/mol. The van der Waals surface area contributed by atoms with Crippen molar-refractivity contribution in [1.82, 2.24) is 15.1 Å². The first-order chi connectivity index (χ1) is 9.10. The highest BCUT2D eigenvalue weighted by Gasteiger charge is 2.10. The second-order valence-electron chi connectivity index (χ2n) is 4.81. The van der Waals surface area contributed by atoms with E-state index in [1.165, 1.54) is 11.1 Å². The van der Waals surface area contributed by atoms with Crippen LogP contribution in [0.1, 0.15) is 36.2 Å². The smallest absolute Gasteiger partial charge is 0.0638 e. The van der Waals surface area contributed by atoms with Crippen LogP contribution in [0.15, 0.2) is 34.9 Å². The molecule has 4 heteroatoms. The fourth-order valence-corrected chi connectivity index (χ4v) is 2.51. The third-order valence-electron chi connectivity index (χ3n) is 3.33. The summed E-state index contributed by atoms with van der Waals surface area (Å²) in [6.07, 6.45) is 3.15. The van der Waals surface area contributed by atoms with Gasteiger partial charge in [-0.05, 0) is 31.0 Å². The summed E-state index contributed by atoms with van der Waals surface area (Å²) in [6.45, 7) is 5.11. The maximum atomic E-state index is 4.37. The van der Waals surface area contributed by atoms with Gasteiger partial charge in [-0.3, -0.25) is 4.68 Å². The molecule has 0 aliphatic rings. The number of aryl methyl sites for hydroxylation is 2. The Morgan fingerprint density at radius 3 is 2.53 bits per heavy atom. The second kappa shape index (κ2) is 6.35. The minimum absolute atomic E-state index is 0.382. The van der Waals surface area contributed by atoms with E-state index in [1.807, 2.05) is 11.7 Å². The summed E-state index contributed by atoms with van der Waals surface area (Å²) in [5.74, 6) is 0. The lowest BCUT2D eigenvalue weighted by atomic mass is 10.0. The quantitative estimate of drug-likeness (QED) is 0.909. The van der Waals surface area contributed by atoms with Gasteiger partial charge in [0, 0.05) is 35.9 Å². The number of nitrogens with one attached hydrogen (secondary N) is 1. The lowest BCUT2D eigenvalue weighted by Crippen LogP contribution is -2.20. The van der Waals surface area contributed by atoms with E-state index in [4.69, 9.17) is 0 Å². The van der Waals surface area contributed by atoms with Crippen molar-refractivity contribution in [3.05, 3.63) is 51.8 Å². The van der Waals surface area contributed by atoms with Crippen LogP contribution in [0.5, 0.6) is 0 Å². The Hall–Kier alpha value is -1.13. The first-order valence-electron chi connectivity index (χ1n) is 6.58. The lowest BCUT2D eigenvalue weighted by molar-refractivity contribution is 0.518. The highest BCUT2D eigenvalue weighted by Crippen LogP contribution is 2.20. The molecule has 0 amide bonds. The molecule has 1 heterocycles. The Kier molecular flexibility index (Phi) is 4.77. The van der Waals surface area contributed by atoms with Crippen LogP contribution < -0.4 is 5.32 Å². The first-order valence-corrected chi connectivity index (χ1v) is 7.37. The average molecular weight is 322 g/mol. The number of hydrogen-bond donors (Lipinski definition) is 1. The molecule has 0 fully saturated rings. The van der Waals surface area contributed by atoms with Gasteiger partial charge in [0.05, 0.1) is 5.69 Å². The summed E-state index contributed by atoms with van der Waals surface area (Å²) in [5, 5.41) is 7.98. The molecule has 1 N–H and O–H groups in total. The van der Waals surface area contributed by atoms with E-state index in [0.29, 0.717) is 6.04 Å². The van der Waals surface area contributed by atoms with Crippen molar-refractivity contribution in [3.8, 4) is 0 Å². The van der Waals surface area contributed by atoms with Gasteiger partial charge in [-0.1, -0.05) is 35.0 Å². The number of halogens is 1. The monoisotopic (exact) mass is 321 g/mol. The summed E-state index contributed by atoms with van der Waals surface area (Å²) >= 11 is 3.47. The van der Waals surface area contributed by atoms with Crippen LogP contribution in [0.3, 0.4) is 0 Å². The molecule has 0 aliphatic carbocycles. The SMILES string of the molecule is CCC(NCc1cn(C)nc1C)c1ccc(Br)cc1. The summed E-state index contributed by atoms with van der Waals surface area (Å²) in [6, 6.07) is 8.90. The predicted molar refractivity (Wildman–Crippen MR) is 82.0 cm³/mol. The van der Waals surface area contributed by atoms with Crippen molar-refractivity contribution in [1.29, 1.82) is 0 Å². The zero-order valence-electron chi connectivity index (χ0n) is 11.7. The molecule has 0 bridgehead atoms. The summed E-state index contributed by atoms with van der Waals surface area (Å²) < 4.78 is 2.99. The maximum Gasteiger partial charge on any atom is 0.0638 e. The Bertz CT molecular complexity index is 531. The molecule has 102 valence electrons. The van der Waals surface area contributed by atoms with Crippen molar-refractivity contribution in [2.45, 2.75) is 32.9 Å². The third-order valence-corrected chi connectivity index (χ3v) is 3.86. The average Bonchev–Trinajstić information content (AvgIpc) is 2.71. The number of nitrogens with zero attached hydrogens (tertiary/aromatic N) is 2. The van der Waals surface area contributed by atoms with Crippen LogP contribution in [0, 0.1) is 6.92 Å². The van der Waals surface area contributed by atoms with Gasteiger partial charge in [0.1, 0.15) is 0 Å². The van der Waals surface area contributed by atoms with E-state index in [0.717, 1.165) is 23.1 Å². The molecule has 1 unspecified atom stereocenters. The van der Waals surface area contributed by atoms with Gasteiger partial charge >= 0.3 is 0 Å². The van der Waals surface area contributed by atoms with Gasteiger partial charge in [-0.2, -0.15) is 5.10 Å². The maximum absolute atomic E-state index is 4.37. The topological polar surface area (TPSA) is 29.9 Å². The van der Waals surface area contributed by atoms with Crippen LogP contribution in [0.2, 0.25) is 0 Å².